The highest BCUT2D eigenvalue weighted by molar-refractivity contribution is 5.45. The number of rotatable bonds is 7. The van der Waals surface area contributed by atoms with E-state index in [1.54, 1.807) is 12.1 Å². The van der Waals surface area contributed by atoms with Crippen LogP contribution in [0.5, 0.6) is 17.2 Å². The Morgan fingerprint density at radius 2 is 1.38 bits per heavy atom. The Hall–Kier alpha value is -1.74. The molecule has 3 rings (SSSR count). The van der Waals surface area contributed by atoms with Crippen LogP contribution in [-0.4, -0.2) is 113 Å². The van der Waals surface area contributed by atoms with Crippen molar-refractivity contribution >= 4 is 0 Å². The van der Waals surface area contributed by atoms with Crippen LogP contribution in [0.3, 0.4) is 0 Å². The number of hydrogen-bond acceptors (Lipinski definition) is 12. The van der Waals surface area contributed by atoms with E-state index in [9.17, 15) is 30.6 Å². The zero-order valence-corrected chi connectivity index (χ0v) is 17.8. The Bertz CT molecular complexity index is 747. The van der Waals surface area contributed by atoms with Crippen LogP contribution in [0.15, 0.2) is 18.2 Å². The molecule has 2 heterocycles. The third-order valence-corrected chi connectivity index (χ3v) is 5.51. The lowest BCUT2D eigenvalue weighted by molar-refractivity contribution is -0.318. The monoisotopic (exact) mass is 462 g/mol. The van der Waals surface area contributed by atoms with E-state index < -0.39 is 61.4 Å². The fourth-order valence-corrected chi connectivity index (χ4v) is 3.52. The van der Waals surface area contributed by atoms with Gasteiger partial charge in [0.05, 0.1) is 26.9 Å². The van der Waals surface area contributed by atoms with Crippen LogP contribution < -0.4 is 14.2 Å². The molecular weight excluding hydrogens is 432 g/mol. The van der Waals surface area contributed by atoms with Crippen molar-refractivity contribution in [3.8, 4) is 17.2 Å². The molecule has 1 aromatic rings. The van der Waals surface area contributed by atoms with Crippen molar-refractivity contribution in [1.29, 1.82) is 0 Å². The van der Waals surface area contributed by atoms with Gasteiger partial charge in [0.1, 0.15) is 48.5 Å². The van der Waals surface area contributed by atoms with Gasteiger partial charge >= 0.3 is 0 Å². The number of hydrogen-bond donors (Lipinski definition) is 6. The highest BCUT2D eigenvalue weighted by Gasteiger charge is 2.47. The summed E-state index contributed by atoms with van der Waals surface area (Å²) >= 11 is 0. The minimum Gasteiger partial charge on any atom is -0.493 e. The summed E-state index contributed by atoms with van der Waals surface area (Å²) in [5.41, 5.74) is 0. The van der Waals surface area contributed by atoms with Gasteiger partial charge in [0.15, 0.2) is 17.8 Å². The summed E-state index contributed by atoms with van der Waals surface area (Å²) < 4.78 is 32.3. The van der Waals surface area contributed by atoms with Crippen LogP contribution in [0.25, 0.3) is 0 Å². The molecule has 2 aliphatic heterocycles. The van der Waals surface area contributed by atoms with Crippen molar-refractivity contribution in [2.24, 2.45) is 0 Å². The second kappa shape index (κ2) is 10.5. The van der Waals surface area contributed by atoms with Crippen LogP contribution >= 0.6 is 0 Å². The maximum atomic E-state index is 10.3. The van der Waals surface area contributed by atoms with Crippen LogP contribution in [0.4, 0.5) is 0 Å². The van der Waals surface area contributed by atoms with E-state index in [1.165, 1.54) is 27.2 Å². The van der Waals surface area contributed by atoms with E-state index in [1.807, 2.05) is 0 Å². The van der Waals surface area contributed by atoms with Gasteiger partial charge in [-0.15, -0.1) is 0 Å². The minimum atomic E-state index is -1.62. The Morgan fingerprint density at radius 1 is 0.750 bits per heavy atom. The van der Waals surface area contributed by atoms with Crippen molar-refractivity contribution in [2.45, 2.75) is 68.3 Å². The number of aliphatic hydroxyl groups excluding tert-OH is 6. The normalized spacial score (nSPS) is 40.0. The highest BCUT2D eigenvalue weighted by Crippen LogP contribution is 2.33. The Balaban J connectivity index is 1.66. The van der Waals surface area contributed by atoms with Gasteiger partial charge in [0.2, 0.25) is 6.29 Å². The second-order valence-electron chi connectivity index (χ2n) is 7.66. The predicted molar refractivity (Wildman–Crippen MR) is 105 cm³/mol. The van der Waals surface area contributed by atoms with Gasteiger partial charge in [-0.05, 0) is 19.1 Å². The quantitative estimate of drug-likeness (QED) is 0.257. The van der Waals surface area contributed by atoms with Crippen molar-refractivity contribution in [3.05, 3.63) is 18.2 Å². The van der Waals surface area contributed by atoms with E-state index >= 15 is 0 Å². The van der Waals surface area contributed by atoms with Crippen molar-refractivity contribution in [2.75, 3.05) is 20.8 Å². The van der Waals surface area contributed by atoms with Gasteiger partial charge in [0.25, 0.3) is 0 Å². The van der Waals surface area contributed by atoms with Gasteiger partial charge in [-0.2, -0.15) is 0 Å². The molecule has 0 aliphatic carbocycles. The number of ether oxygens (including phenoxy) is 6. The largest absolute Gasteiger partial charge is 0.493 e. The average molecular weight is 462 g/mol. The van der Waals surface area contributed by atoms with Crippen LogP contribution in [0.2, 0.25) is 0 Å². The molecule has 0 saturated carbocycles. The first-order valence-corrected chi connectivity index (χ1v) is 10.1. The second-order valence-corrected chi connectivity index (χ2v) is 7.66. The zero-order chi connectivity index (χ0) is 23.6. The minimum absolute atomic E-state index is 0.243. The van der Waals surface area contributed by atoms with Crippen molar-refractivity contribution in [3.63, 3.8) is 0 Å². The molecule has 2 saturated heterocycles. The predicted octanol–water partition coefficient (Wildman–Crippen LogP) is -2.27. The first kappa shape index (κ1) is 24.9. The van der Waals surface area contributed by atoms with Crippen molar-refractivity contribution < 1.29 is 59.1 Å². The maximum Gasteiger partial charge on any atom is 0.229 e. The Morgan fingerprint density at radius 3 is 2.03 bits per heavy atom. The first-order valence-electron chi connectivity index (χ1n) is 10.1. The first-order chi connectivity index (χ1) is 15.2. The molecule has 1 aromatic carbocycles. The van der Waals surface area contributed by atoms with Gasteiger partial charge in [-0.1, -0.05) is 0 Å². The number of methoxy groups -OCH3 is 2. The van der Waals surface area contributed by atoms with E-state index in [0.717, 1.165) is 0 Å². The maximum absolute atomic E-state index is 10.3. The van der Waals surface area contributed by atoms with Gasteiger partial charge in [0, 0.05) is 6.07 Å². The summed E-state index contributed by atoms with van der Waals surface area (Å²) in [4.78, 5) is 0. The summed E-state index contributed by atoms with van der Waals surface area (Å²) in [6.45, 7) is 1.11. The van der Waals surface area contributed by atoms with Gasteiger partial charge in [-0.25, -0.2) is 0 Å². The van der Waals surface area contributed by atoms with Gasteiger partial charge < -0.3 is 59.1 Å². The molecule has 2 aliphatic rings. The summed E-state index contributed by atoms with van der Waals surface area (Å²) in [6.07, 6.45) is -13.7. The molecule has 0 radical (unpaired) electrons. The standard InChI is InChI=1S/C20H30O12/c1-8-13(21)15(23)17(25)19(30-8)29-7-12-14(22)16(24)18(26)20(32-12)31-9-4-5-10(27-2)11(6-9)28-3/h4-6,8,12-26H,7H2,1-3H3/t8-,12+,13+,14-,15-,16-,17-,18+,19-,20+/m1/s1. The lowest BCUT2D eigenvalue weighted by Gasteiger charge is -2.42. The SMILES string of the molecule is COc1ccc(O[C@H]2O[C@@H](CO[C@@H]3O[C@H](C)[C@H](O)[C@@H](O)[C@H]3O)[C@@H](O)[C@@H](O)[C@@H]2O)cc1OC. The summed E-state index contributed by atoms with van der Waals surface area (Å²) in [5.74, 6) is 1.07. The third-order valence-electron chi connectivity index (χ3n) is 5.51. The lowest BCUT2D eigenvalue weighted by atomic mass is 9.98. The molecule has 12 nitrogen and oxygen atoms in total. The topological polar surface area (TPSA) is 177 Å². The molecule has 0 aromatic heterocycles. The summed E-state index contributed by atoms with van der Waals surface area (Å²) in [6, 6.07) is 4.62. The van der Waals surface area contributed by atoms with Gasteiger partial charge in [-0.3, -0.25) is 0 Å². The number of aliphatic hydroxyl groups is 6. The molecule has 0 spiro atoms. The molecule has 0 amide bonds. The average Bonchev–Trinajstić information content (AvgIpc) is 2.79. The molecule has 2 fully saturated rings. The third kappa shape index (κ3) is 5.09. The smallest absolute Gasteiger partial charge is 0.229 e. The lowest BCUT2D eigenvalue weighted by Crippen LogP contribution is -2.61. The Labute approximate surface area is 184 Å². The molecule has 0 unspecified atom stereocenters. The summed E-state index contributed by atoms with van der Waals surface area (Å²) in [5, 5.41) is 60.5. The van der Waals surface area contributed by atoms with Crippen molar-refractivity contribution in [1.82, 2.24) is 0 Å². The number of benzene rings is 1. The highest BCUT2D eigenvalue weighted by atomic mass is 16.7. The van der Waals surface area contributed by atoms with Crippen LogP contribution in [0, 0.1) is 0 Å². The molecule has 10 atom stereocenters. The molecular formula is C20H30O12. The van der Waals surface area contributed by atoms with Crippen LogP contribution in [-0.2, 0) is 14.2 Å². The fraction of sp³-hybridized carbons (Fsp3) is 0.700. The summed E-state index contributed by atoms with van der Waals surface area (Å²) in [7, 11) is 2.92. The van der Waals surface area contributed by atoms with E-state index in [2.05, 4.69) is 0 Å². The molecule has 182 valence electrons. The van der Waals surface area contributed by atoms with E-state index in [0.29, 0.717) is 11.5 Å². The zero-order valence-electron chi connectivity index (χ0n) is 17.8. The molecule has 32 heavy (non-hydrogen) atoms. The van der Waals surface area contributed by atoms with E-state index in [4.69, 9.17) is 28.4 Å². The van der Waals surface area contributed by atoms with E-state index in [-0.39, 0.29) is 12.4 Å². The van der Waals surface area contributed by atoms with Crippen LogP contribution in [0.1, 0.15) is 6.92 Å². The Kier molecular flexibility index (Phi) is 8.14. The fourth-order valence-electron chi connectivity index (χ4n) is 3.52. The molecule has 0 bridgehead atoms. The molecule has 6 N–H and O–H groups in total. The molecule has 12 heteroatoms.